The van der Waals surface area contributed by atoms with Gasteiger partial charge in [0.15, 0.2) is 5.11 Å². The van der Waals surface area contributed by atoms with Gasteiger partial charge in [-0.15, -0.1) is 0 Å². The van der Waals surface area contributed by atoms with E-state index in [2.05, 4.69) is 21.2 Å². The number of nitrogens with one attached hydrogen (secondary N) is 1. The van der Waals surface area contributed by atoms with E-state index >= 15 is 0 Å². The molecule has 5 nitrogen and oxygen atoms in total. The van der Waals surface area contributed by atoms with Crippen molar-refractivity contribution in [2.45, 2.75) is 6.92 Å². The molecule has 0 bridgehead atoms. The molecule has 1 heterocycles. The average molecular weight is 431 g/mol. The number of benzene rings is 2. The number of carbonyl (C=O) groups excluding carboxylic acids is 2. The fourth-order valence-corrected chi connectivity index (χ4v) is 3.19. The molecule has 2 aromatic rings. The number of ether oxygens (including phenoxy) is 1. The van der Waals surface area contributed by atoms with E-state index in [0.29, 0.717) is 5.69 Å². The Morgan fingerprint density at radius 1 is 1.15 bits per heavy atom. The number of halogens is 1. The average Bonchev–Trinajstić information content (AvgIpc) is 2.60. The molecule has 0 radical (unpaired) electrons. The highest BCUT2D eigenvalue weighted by Gasteiger charge is 2.34. The van der Waals surface area contributed by atoms with Gasteiger partial charge in [-0.1, -0.05) is 22.0 Å². The van der Waals surface area contributed by atoms with Gasteiger partial charge in [0.05, 0.1) is 12.8 Å². The molecule has 1 aliphatic heterocycles. The predicted molar refractivity (Wildman–Crippen MR) is 108 cm³/mol. The zero-order valence-electron chi connectivity index (χ0n) is 14.1. The molecule has 0 unspecified atom stereocenters. The first kappa shape index (κ1) is 18.3. The molecule has 1 aliphatic rings. The molecule has 0 aliphatic carbocycles. The Bertz CT molecular complexity index is 938. The Kier molecular flexibility index (Phi) is 5.20. The maximum atomic E-state index is 12.9. The van der Waals surface area contributed by atoms with Crippen LogP contribution in [0.3, 0.4) is 0 Å². The number of aryl methyl sites for hydroxylation is 1. The summed E-state index contributed by atoms with van der Waals surface area (Å²) in [6, 6.07) is 12.5. The van der Waals surface area contributed by atoms with Gasteiger partial charge in [-0.05, 0) is 72.7 Å². The first-order valence-electron chi connectivity index (χ1n) is 7.72. The van der Waals surface area contributed by atoms with E-state index < -0.39 is 11.8 Å². The molecule has 0 aromatic heterocycles. The van der Waals surface area contributed by atoms with Crippen LogP contribution < -0.4 is 15.0 Å². The van der Waals surface area contributed by atoms with Crippen LogP contribution in [0.5, 0.6) is 5.75 Å². The summed E-state index contributed by atoms with van der Waals surface area (Å²) in [5, 5.41) is 2.63. The van der Waals surface area contributed by atoms with E-state index in [9.17, 15) is 9.59 Å². The minimum atomic E-state index is -0.512. The van der Waals surface area contributed by atoms with E-state index in [0.717, 1.165) is 21.3 Å². The second-order valence-corrected chi connectivity index (χ2v) is 6.97. The lowest BCUT2D eigenvalue weighted by atomic mass is 10.0. The number of rotatable bonds is 3. The molecular formula is C19H15BrN2O3S. The van der Waals surface area contributed by atoms with Crippen molar-refractivity contribution in [1.82, 2.24) is 5.32 Å². The zero-order valence-corrected chi connectivity index (χ0v) is 16.5. The number of hydrogen-bond acceptors (Lipinski definition) is 4. The molecule has 1 N–H and O–H groups in total. The molecule has 0 atom stereocenters. The van der Waals surface area contributed by atoms with Gasteiger partial charge in [0.25, 0.3) is 11.8 Å². The first-order chi connectivity index (χ1) is 12.4. The molecule has 1 fully saturated rings. The summed E-state index contributed by atoms with van der Waals surface area (Å²) in [4.78, 5) is 26.5. The van der Waals surface area contributed by atoms with Crippen LogP contribution in [0.25, 0.3) is 6.08 Å². The van der Waals surface area contributed by atoms with Crippen LogP contribution >= 0.6 is 28.1 Å². The SMILES string of the molecule is COc1ccc(/C=C2/C(=O)NC(=S)N(c3ccc(Br)cc3)C2=O)cc1C. The minimum Gasteiger partial charge on any atom is -0.496 e. The zero-order chi connectivity index (χ0) is 18.8. The highest BCUT2D eigenvalue weighted by Crippen LogP contribution is 2.25. The molecule has 7 heteroatoms. The minimum absolute atomic E-state index is 0.0195. The maximum absolute atomic E-state index is 12.9. The second-order valence-electron chi connectivity index (χ2n) is 5.66. The van der Waals surface area contributed by atoms with Crippen molar-refractivity contribution in [1.29, 1.82) is 0 Å². The third-order valence-electron chi connectivity index (χ3n) is 3.92. The molecule has 132 valence electrons. The van der Waals surface area contributed by atoms with Crippen LogP contribution in [-0.2, 0) is 9.59 Å². The molecule has 2 amide bonds. The van der Waals surface area contributed by atoms with E-state index in [1.165, 1.54) is 4.90 Å². The number of methoxy groups -OCH3 is 1. The second kappa shape index (κ2) is 7.39. The van der Waals surface area contributed by atoms with Crippen LogP contribution in [0.15, 0.2) is 52.5 Å². The molecule has 0 saturated carbocycles. The van der Waals surface area contributed by atoms with E-state index in [4.69, 9.17) is 17.0 Å². The number of hydrogen-bond donors (Lipinski definition) is 1. The van der Waals surface area contributed by atoms with E-state index in [1.807, 2.05) is 13.0 Å². The summed E-state index contributed by atoms with van der Waals surface area (Å²) in [6.45, 7) is 1.90. The van der Waals surface area contributed by atoms with Crippen LogP contribution in [-0.4, -0.2) is 24.0 Å². The van der Waals surface area contributed by atoms with Gasteiger partial charge in [0.1, 0.15) is 11.3 Å². The predicted octanol–water partition coefficient (Wildman–Crippen LogP) is 3.60. The summed E-state index contributed by atoms with van der Waals surface area (Å²) in [5.74, 6) is -0.236. The number of carbonyl (C=O) groups is 2. The topological polar surface area (TPSA) is 58.6 Å². The molecule has 1 saturated heterocycles. The fraction of sp³-hybridized carbons (Fsp3) is 0.105. The largest absolute Gasteiger partial charge is 0.496 e. The fourth-order valence-electron chi connectivity index (χ4n) is 2.64. The summed E-state index contributed by atoms with van der Waals surface area (Å²) < 4.78 is 6.11. The van der Waals surface area contributed by atoms with Crippen LogP contribution in [0.1, 0.15) is 11.1 Å². The van der Waals surface area contributed by atoms with Crippen LogP contribution in [0.4, 0.5) is 5.69 Å². The summed E-state index contributed by atoms with van der Waals surface area (Å²) in [6.07, 6.45) is 1.55. The van der Waals surface area contributed by atoms with Crippen molar-refractivity contribution < 1.29 is 14.3 Å². The van der Waals surface area contributed by atoms with Crippen molar-refractivity contribution in [2.24, 2.45) is 0 Å². The Labute approximate surface area is 164 Å². The van der Waals surface area contributed by atoms with Crippen molar-refractivity contribution in [3.8, 4) is 5.75 Å². The van der Waals surface area contributed by atoms with Gasteiger partial charge in [-0.25, -0.2) is 0 Å². The quantitative estimate of drug-likeness (QED) is 0.459. The monoisotopic (exact) mass is 430 g/mol. The van der Waals surface area contributed by atoms with Gasteiger partial charge in [-0.2, -0.15) is 0 Å². The molecule has 3 rings (SSSR count). The van der Waals surface area contributed by atoms with Gasteiger partial charge < -0.3 is 4.74 Å². The van der Waals surface area contributed by atoms with E-state index in [1.54, 1.807) is 49.6 Å². The maximum Gasteiger partial charge on any atom is 0.270 e. The third-order valence-corrected chi connectivity index (χ3v) is 4.73. The van der Waals surface area contributed by atoms with Crippen molar-refractivity contribution >= 4 is 56.8 Å². The lowest BCUT2D eigenvalue weighted by Gasteiger charge is -2.29. The lowest BCUT2D eigenvalue weighted by molar-refractivity contribution is -0.122. The number of anilines is 1. The first-order valence-corrected chi connectivity index (χ1v) is 8.92. The molecule has 26 heavy (non-hydrogen) atoms. The van der Waals surface area contributed by atoms with Gasteiger partial charge in [-0.3, -0.25) is 19.8 Å². The van der Waals surface area contributed by atoms with Gasteiger partial charge in [0.2, 0.25) is 0 Å². The van der Waals surface area contributed by atoms with Crippen LogP contribution in [0.2, 0.25) is 0 Å². The Morgan fingerprint density at radius 3 is 2.46 bits per heavy atom. The summed E-state index contributed by atoms with van der Waals surface area (Å²) >= 11 is 8.54. The smallest absolute Gasteiger partial charge is 0.270 e. The van der Waals surface area contributed by atoms with Gasteiger partial charge in [0, 0.05) is 4.47 Å². The molecular weight excluding hydrogens is 416 g/mol. The molecule has 2 aromatic carbocycles. The number of nitrogens with zero attached hydrogens (tertiary/aromatic N) is 1. The Morgan fingerprint density at radius 2 is 1.85 bits per heavy atom. The highest BCUT2D eigenvalue weighted by atomic mass is 79.9. The summed E-state index contributed by atoms with van der Waals surface area (Å²) in [5.41, 5.74) is 2.24. The summed E-state index contributed by atoms with van der Waals surface area (Å²) in [7, 11) is 1.59. The number of thiocarbonyl (C=S) groups is 1. The lowest BCUT2D eigenvalue weighted by Crippen LogP contribution is -2.54. The van der Waals surface area contributed by atoms with Crippen molar-refractivity contribution in [3.05, 3.63) is 63.6 Å². The highest BCUT2D eigenvalue weighted by molar-refractivity contribution is 9.10. The third kappa shape index (κ3) is 3.54. The normalized spacial score (nSPS) is 16.0. The molecule has 0 spiro atoms. The van der Waals surface area contributed by atoms with E-state index in [-0.39, 0.29) is 10.7 Å². The van der Waals surface area contributed by atoms with Gasteiger partial charge >= 0.3 is 0 Å². The Balaban J connectivity index is 1.99. The Hall–Kier alpha value is -2.51. The van der Waals surface area contributed by atoms with Crippen molar-refractivity contribution in [3.63, 3.8) is 0 Å². The standard InChI is InChI=1S/C19H15BrN2O3S/c1-11-9-12(3-8-16(11)25-2)10-15-17(23)21-19(26)22(18(15)24)14-6-4-13(20)5-7-14/h3-10H,1-2H3,(H,21,23,26)/b15-10-. The van der Waals surface area contributed by atoms with Crippen LogP contribution in [0, 0.1) is 6.92 Å². The number of amides is 2. The van der Waals surface area contributed by atoms with Crippen molar-refractivity contribution in [2.75, 3.05) is 12.0 Å².